The number of nitrogens with zero attached hydrogens (tertiary/aromatic N) is 2. The third kappa shape index (κ3) is 7.15. The fraction of sp³-hybridized carbons (Fsp3) is 0.722. The monoisotopic (exact) mass is 464 g/mol. The fourth-order valence-electron chi connectivity index (χ4n) is 3.34. The molecule has 1 aliphatic rings. The summed E-state index contributed by atoms with van der Waals surface area (Å²) < 4.78 is 10.9. The highest BCUT2D eigenvalue weighted by molar-refractivity contribution is 14.0. The van der Waals surface area contributed by atoms with Crippen molar-refractivity contribution in [2.24, 2.45) is 10.9 Å². The standard InChI is InChI=1S/C18H32N4O2.HI/c1-4-15(5-2)17(22-8-11-23-12-9-22)14-21-18(19-3)20-13-16-7-6-10-24-16;/h6-7,10,15,17H,4-5,8-9,11-14H2,1-3H3,(H2,19,20,21);1H. The first kappa shape index (κ1) is 22.2. The lowest BCUT2D eigenvalue weighted by Crippen LogP contribution is -2.53. The van der Waals surface area contributed by atoms with Gasteiger partial charge in [0.15, 0.2) is 5.96 Å². The van der Waals surface area contributed by atoms with Gasteiger partial charge in [-0.2, -0.15) is 0 Å². The zero-order chi connectivity index (χ0) is 17.2. The number of rotatable bonds is 8. The maximum absolute atomic E-state index is 5.52. The molecule has 2 N–H and O–H groups in total. The van der Waals surface area contributed by atoms with E-state index in [1.54, 1.807) is 13.3 Å². The van der Waals surface area contributed by atoms with Crippen molar-refractivity contribution in [2.75, 3.05) is 39.9 Å². The Morgan fingerprint density at radius 1 is 1.24 bits per heavy atom. The van der Waals surface area contributed by atoms with Gasteiger partial charge < -0.3 is 19.8 Å². The van der Waals surface area contributed by atoms with Crippen LogP contribution in [0, 0.1) is 5.92 Å². The second-order valence-corrected chi connectivity index (χ2v) is 6.18. The summed E-state index contributed by atoms with van der Waals surface area (Å²) in [5, 5.41) is 6.80. The number of ether oxygens (including phenoxy) is 1. The van der Waals surface area contributed by atoms with Crippen LogP contribution < -0.4 is 10.6 Å². The molecule has 1 fully saturated rings. The van der Waals surface area contributed by atoms with Crippen molar-refractivity contribution in [2.45, 2.75) is 39.3 Å². The van der Waals surface area contributed by atoms with Crippen LogP contribution in [0.15, 0.2) is 27.8 Å². The Bertz CT molecular complexity index is 471. The topological polar surface area (TPSA) is 62.0 Å². The minimum Gasteiger partial charge on any atom is -0.467 e. The predicted octanol–water partition coefficient (Wildman–Crippen LogP) is 2.70. The van der Waals surface area contributed by atoms with Crippen molar-refractivity contribution in [1.29, 1.82) is 0 Å². The highest BCUT2D eigenvalue weighted by atomic mass is 127. The molecule has 1 saturated heterocycles. The molecule has 1 atom stereocenters. The molecule has 1 unspecified atom stereocenters. The molecule has 0 aliphatic carbocycles. The van der Waals surface area contributed by atoms with Gasteiger partial charge in [-0.3, -0.25) is 9.89 Å². The Kier molecular flexibility index (Phi) is 11.2. The molecular weight excluding hydrogens is 431 g/mol. The summed E-state index contributed by atoms with van der Waals surface area (Å²) in [4.78, 5) is 6.89. The number of guanidine groups is 1. The first-order valence-electron chi connectivity index (χ1n) is 9.07. The molecule has 0 bridgehead atoms. The number of nitrogens with one attached hydrogen (secondary N) is 2. The van der Waals surface area contributed by atoms with Gasteiger partial charge in [0.1, 0.15) is 5.76 Å². The summed E-state index contributed by atoms with van der Waals surface area (Å²) >= 11 is 0. The summed E-state index contributed by atoms with van der Waals surface area (Å²) in [6.07, 6.45) is 4.08. The van der Waals surface area contributed by atoms with Crippen molar-refractivity contribution in [3.63, 3.8) is 0 Å². The molecule has 2 heterocycles. The largest absolute Gasteiger partial charge is 0.467 e. The number of halogens is 1. The van der Waals surface area contributed by atoms with Crippen LogP contribution in [0.2, 0.25) is 0 Å². The van der Waals surface area contributed by atoms with E-state index in [2.05, 4.69) is 34.4 Å². The second-order valence-electron chi connectivity index (χ2n) is 6.18. The molecular formula is C18H33IN4O2. The number of furan rings is 1. The molecule has 0 amide bonds. The Labute approximate surface area is 168 Å². The summed E-state index contributed by atoms with van der Waals surface area (Å²) in [6.45, 7) is 9.80. The lowest BCUT2D eigenvalue weighted by atomic mass is 9.92. The van der Waals surface area contributed by atoms with E-state index in [0.717, 1.165) is 44.6 Å². The first-order chi connectivity index (χ1) is 11.8. The molecule has 7 heteroatoms. The van der Waals surface area contributed by atoms with Gasteiger partial charge in [-0.25, -0.2) is 0 Å². The lowest BCUT2D eigenvalue weighted by Gasteiger charge is -2.39. The van der Waals surface area contributed by atoms with Crippen LogP contribution >= 0.6 is 24.0 Å². The minimum atomic E-state index is 0. The van der Waals surface area contributed by atoms with E-state index in [1.165, 1.54) is 12.8 Å². The van der Waals surface area contributed by atoms with Gasteiger partial charge in [0.2, 0.25) is 0 Å². The Balaban J connectivity index is 0.00000312. The minimum absolute atomic E-state index is 0. The Morgan fingerprint density at radius 2 is 1.96 bits per heavy atom. The van der Waals surface area contributed by atoms with E-state index >= 15 is 0 Å². The molecule has 0 aromatic carbocycles. The molecule has 2 rings (SSSR count). The van der Waals surface area contributed by atoms with Gasteiger partial charge in [-0.05, 0) is 18.1 Å². The predicted molar refractivity (Wildman–Crippen MR) is 113 cm³/mol. The van der Waals surface area contributed by atoms with Crippen molar-refractivity contribution in [3.05, 3.63) is 24.2 Å². The van der Waals surface area contributed by atoms with Gasteiger partial charge >= 0.3 is 0 Å². The van der Waals surface area contributed by atoms with Crippen molar-refractivity contribution in [1.82, 2.24) is 15.5 Å². The van der Waals surface area contributed by atoms with Crippen LogP contribution in [0.1, 0.15) is 32.4 Å². The van der Waals surface area contributed by atoms with E-state index in [0.29, 0.717) is 18.5 Å². The number of hydrogen-bond donors (Lipinski definition) is 2. The van der Waals surface area contributed by atoms with Crippen molar-refractivity contribution < 1.29 is 9.15 Å². The van der Waals surface area contributed by atoms with Crippen LogP contribution in [0.5, 0.6) is 0 Å². The average Bonchev–Trinajstić information content (AvgIpc) is 3.15. The molecule has 144 valence electrons. The molecule has 0 spiro atoms. The van der Waals surface area contributed by atoms with Gasteiger partial charge in [-0.15, -0.1) is 24.0 Å². The first-order valence-corrected chi connectivity index (χ1v) is 9.07. The maximum atomic E-state index is 5.52. The van der Waals surface area contributed by atoms with E-state index in [-0.39, 0.29) is 24.0 Å². The molecule has 1 aromatic heterocycles. The second kappa shape index (κ2) is 12.5. The van der Waals surface area contributed by atoms with Crippen LogP contribution in [-0.4, -0.2) is 56.8 Å². The summed E-state index contributed by atoms with van der Waals surface area (Å²) in [5.74, 6) is 2.40. The Hall–Kier alpha value is -0.800. The van der Waals surface area contributed by atoms with Gasteiger partial charge in [-0.1, -0.05) is 26.7 Å². The SMILES string of the molecule is CCC(CC)C(CNC(=NC)NCc1ccco1)N1CCOCC1.I. The highest BCUT2D eigenvalue weighted by Gasteiger charge is 2.26. The van der Waals surface area contributed by atoms with E-state index in [1.807, 2.05) is 12.1 Å². The summed E-state index contributed by atoms with van der Waals surface area (Å²) in [6, 6.07) is 4.36. The molecule has 0 radical (unpaired) electrons. The maximum Gasteiger partial charge on any atom is 0.191 e. The summed E-state index contributed by atoms with van der Waals surface area (Å²) in [7, 11) is 1.80. The number of morpholine rings is 1. The van der Waals surface area contributed by atoms with Crippen molar-refractivity contribution in [3.8, 4) is 0 Å². The van der Waals surface area contributed by atoms with Crippen molar-refractivity contribution >= 4 is 29.9 Å². The van der Waals surface area contributed by atoms with Gasteiger partial charge in [0, 0.05) is 32.7 Å². The normalized spacial score (nSPS) is 17.2. The van der Waals surface area contributed by atoms with Crippen LogP contribution in [0.25, 0.3) is 0 Å². The molecule has 0 saturated carbocycles. The average molecular weight is 464 g/mol. The zero-order valence-electron chi connectivity index (χ0n) is 15.7. The Morgan fingerprint density at radius 3 is 2.52 bits per heavy atom. The quantitative estimate of drug-likeness (QED) is 0.352. The van der Waals surface area contributed by atoms with Crippen LogP contribution in [0.4, 0.5) is 0 Å². The van der Waals surface area contributed by atoms with Crippen LogP contribution in [0.3, 0.4) is 0 Å². The molecule has 25 heavy (non-hydrogen) atoms. The van der Waals surface area contributed by atoms with E-state index < -0.39 is 0 Å². The summed E-state index contributed by atoms with van der Waals surface area (Å²) in [5.41, 5.74) is 0. The molecule has 1 aromatic rings. The number of hydrogen-bond acceptors (Lipinski definition) is 4. The zero-order valence-corrected chi connectivity index (χ0v) is 18.0. The third-order valence-electron chi connectivity index (χ3n) is 4.82. The lowest BCUT2D eigenvalue weighted by molar-refractivity contribution is 0.00272. The smallest absolute Gasteiger partial charge is 0.191 e. The number of aliphatic imine (C=N–C) groups is 1. The highest BCUT2D eigenvalue weighted by Crippen LogP contribution is 2.19. The van der Waals surface area contributed by atoms with Gasteiger partial charge in [0.05, 0.1) is 26.0 Å². The van der Waals surface area contributed by atoms with Gasteiger partial charge in [0.25, 0.3) is 0 Å². The van der Waals surface area contributed by atoms with E-state index in [9.17, 15) is 0 Å². The van der Waals surface area contributed by atoms with Crippen LogP contribution in [-0.2, 0) is 11.3 Å². The fourth-order valence-corrected chi connectivity index (χ4v) is 3.34. The molecule has 6 nitrogen and oxygen atoms in total. The molecule has 1 aliphatic heterocycles. The van der Waals surface area contributed by atoms with E-state index in [4.69, 9.17) is 9.15 Å². The third-order valence-corrected chi connectivity index (χ3v) is 4.82.